The van der Waals surface area contributed by atoms with Crippen LogP contribution in [-0.2, 0) is 14.3 Å². The van der Waals surface area contributed by atoms with Crippen LogP contribution in [0, 0.1) is 5.92 Å². The quantitative estimate of drug-likeness (QED) is 0.768. The molecule has 0 aromatic heterocycles. The molecule has 2 rings (SSSR count). The van der Waals surface area contributed by atoms with Crippen LogP contribution in [0.15, 0.2) is 0 Å². The molecule has 0 bridgehead atoms. The number of rotatable bonds is 3. The van der Waals surface area contributed by atoms with Gasteiger partial charge in [0.15, 0.2) is 0 Å². The van der Waals surface area contributed by atoms with E-state index >= 15 is 0 Å². The zero-order valence-electron chi connectivity index (χ0n) is 10.8. The van der Waals surface area contributed by atoms with Gasteiger partial charge in [0.05, 0.1) is 44.7 Å². The smallest absolute Gasteiger partial charge is 0.241 e. The van der Waals surface area contributed by atoms with Crippen LogP contribution in [-0.4, -0.2) is 55.5 Å². The van der Waals surface area contributed by atoms with Crippen LogP contribution in [0.5, 0.6) is 0 Å². The fourth-order valence-electron chi connectivity index (χ4n) is 2.38. The van der Waals surface area contributed by atoms with Crippen molar-refractivity contribution in [2.24, 2.45) is 5.92 Å². The Labute approximate surface area is 102 Å². The zero-order valence-corrected chi connectivity index (χ0v) is 10.8. The number of nitrogens with zero attached hydrogens (tertiary/aromatic N) is 1. The second-order valence-corrected chi connectivity index (χ2v) is 5.12. The van der Waals surface area contributed by atoms with Gasteiger partial charge in [-0.2, -0.15) is 0 Å². The molecule has 2 fully saturated rings. The average molecular weight is 242 g/mol. The maximum Gasteiger partial charge on any atom is 0.241 e. The third kappa shape index (κ3) is 2.78. The predicted molar refractivity (Wildman–Crippen MR) is 63.5 cm³/mol. The molecule has 1 amide bonds. The van der Waals surface area contributed by atoms with Gasteiger partial charge >= 0.3 is 0 Å². The summed E-state index contributed by atoms with van der Waals surface area (Å²) in [4.78, 5) is 14.1. The van der Waals surface area contributed by atoms with Crippen molar-refractivity contribution in [1.82, 2.24) is 10.2 Å². The van der Waals surface area contributed by atoms with E-state index in [0.717, 1.165) is 0 Å². The van der Waals surface area contributed by atoms with Gasteiger partial charge in [-0.15, -0.1) is 0 Å². The lowest BCUT2D eigenvalue weighted by Gasteiger charge is -2.29. The summed E-state index contributed by atoms with van der Waals surface area (Å²) in [6.45, 7) is 8.63. The topological polar surface area (TPSA) is 50.8 Å². The normalized spacial score (nSPS) is 34.7. The van der Waals surface area contributed by atoms with E-state index in [9.17, 15) is 4.79 Å². The molecule has 3 unspecified atom stereocenters. The van der Waals surface area contributed by atoms with Crippen molar-refractivity contribution in [3.05, 3.63) is 0 Å². The summed E-state index contributed by atoms with van der Waals surface area (Å²) in [6.07, 6.45) is 0.100. The van der Waals surface area contributed by atoms with E-state index in [1.54, 1.807) is 0 Å². The van der Waals surface area contributed by atoms with E-state index in [1.165, 1.54) is 0 Å². The Morgan fingerprint density at radius 1 is 1.47 bits per heavy atom. The first-order valence-corrected chi connectivity index (χ1v) is 6.35. The van der Waals surface area contributed by atoms with Gasteiger partial charge in [0, 0.05) is 0 Å². The summed E-state index contributed by atoms with van der Waals surface area (Å²) in [5, 5.41) is 3.32. The molecule has 2 heterocycles. The van der Waals surface area contributed by atoms with Crippen molar-refractivity contribution in [2.75, 3.05) is 26.4 Å². The summed E-state index contributed by atoms with van der Waals surface area (Å²) < 4.78 is 10.9. The van der Waals surface area contributed by atoms with E-state index in [4.69, 9.17) is 9.47 Å². The van der Waals surface area contributed by atoms with Gasteiger partial charge in [0.1, 0.15) is 0 Å². The Kier molecular flexibility index (Phi) is 4.01. The lowest BCUT2D eigenvalue weighted by Crippen LogP contribution is -2.44. The van der Waals surface area contributed by atoms with Crippen LogP contribution in [0.4, 0.5) is 0 Å². The number of carbonyl (C=O) groups is 1. The third-order valence-electron chi connectivity index (χ3n) is 3.39. The third-order valence-corrected chi connectivity index (χ3v) is 3.39. The molecule has 2 aliphatic heterocycles. The molecule has 5 heteroatoms. The lowest BCUT2D eigenvalue weighted by atomic mass is 10.1. The van der Waals surface area contributed by atoms with Crippen molar-refractivity contribution in [1.29, 1.82) is 0 Å². The van der Waals surface area contributed by atoms with Crippen molar-refractivity contribution < 1.29 is 14.3 Å². The molecule has 2 saturated heterocycles. The SMILES string of the molecule is CC(C)C1NC(C)N(CC2COCCO2)C1=O. The van der Waals surface area contributed by atoms with Gasteiger partial charge in [0.25, 0.3) is 0 Å². The maximum atomic E-state index is 12.2. The Morgan fingerprint density at radius 2 is 2.24 bits per heavy atom. The van der Waals surface area contributed by atoms with E-state index in [2.05, 4.69) is 19.2 Å². The number of amides is 1. The molecule has 0 aromatic carbocycles. The largest absolute Gasteiger partial charge is 0.376 e. The number of hydrogen-bond donors (Lipinski definition) is 1. The minimum atomic E-state index is -0.0606. The monoisotopic (exact) mass is 242 g/mol. The number of carbonyl (C=O) groups excluding carboxylic acids is 1. The van der Waals surface area contributed by atoms with Crippen LogP contribution in [0.25, 0.3) is 0 Å². The van der Waals surface area contributed by atoms with Crippen molar-refractivity contribution >= 4 is 5.91 Å². The van der Waals surface area contributed by atoms with Gasteiger partial charge in [-0.05, 0) is 12.8 Å². The number of hydrogen-bond acceptors (Lipinski definition) is 4. The van der Waals surface area contributed by atoms with E-state index in [0.29, 0.717) is 32.3 Å². The van der Waals surface area contributed by atoms with Crippen LogP contribution < -0.4 is 5.32 Å². The second kappa shape index (κ2) is 5.33. The Balaban J connectivity index is 1.93. The molecule has 0 spiro atoms. The van der Waals surface area contributed by atoms with Crippen molar-refractivity contribution in [3.63, 3.8) is 0 Å². The number of nitrogens with one attached hydrogen (secondary N) is 1. The van der Waals surface area contributed by atoms with E-state index in [1.807, 2.05) is 11.8 Å². The van der Waals surface area contributed by atoms with Gasteiger partial charge in [-0.1, -0.05) is 13.8 Å². The molecule has 3 atom stereocenters. The summed E-state index contributed by atoms with van der Waals surface area (Å²) >= 11 is 0. The Morgan fingerprint density at radius 3 is 2.76 bits per heavy atom. The Hall–Kier alpha value is -0.650. The molecule has 0 radical (unpaired) electrons. The van der Waals surface area contributed by atoms with Gasteiger partial charge < -0.3 is 14.4 Å². The highest BCUT2D eigenvalue weighted by molar-refractivity contribution is 5.84. The zero-order chi connectivity index (χ0) is 12.4. The molecule has 0 aliphatic carbocycles. The minimum absolute atomic E-state index is 0.0165. The molecule has 17 heavy (non-hydrogen) atoms. The lowest BCUT2D eigenvalue weighted by molar-refractivity contribution is -0.137. The van der Waals surface area contributed by atoms with Crippen LogP contribution >= 0.6 is 0 Å². The highest BCUT2D eigenvalue weighted by Gasteiger charge is 2.39. The second-order valence-electron chi connectivity index (χ2n) is 5.12. The fourth-order valence-corrected chi connectivity index (χ4v) is 2.38. The van der Waals surface area contributed by atoms with E-state index in [-0.39, 0.29) is 24.2 Å². The Bertz CT molecular complexity index is 277. The van der Waals surface area contributed by atoms with E-state index < -0.39 is 0 Å². The molecular formula is C12H22N2O3. The van der Waals surface area contributed by atoms with Gasteiger partial charge in [-0.25, -0.2) is 0 Å². The first-order chi connectivity index (χ1) is 8.09. The first kappa shape index (κ1) is 12.8. The maximum absolute atomic E-state index is 12.2. The first-order valence-electron chi connectivity index (χ1n) is 6.35. The standard InChI is InChI=1S/C12H22N2O3/c1-8(2)11-12(15)14(9(3)13-11)6-10-7-16-4-5-17-10/h8-11,13H,4-7H2,1-3H3. The highest BCUT2D eigenvalue weighted by atomic mass is 16.6. The van der Waals surface area contributed by atoms with Crippen LogP contribution in [0.3, 0.4) is 0 Å². The summed E-state index contributed by atoms with van der Waals surface area (Å²) in [5.41, 5.74) is 0. The molecule has 2 aliphatic rings. The van der Waals surface area contributed by atoms with Crippen molar-refractivity contribution in [3.8, 4) is 0 Å². The van der Waals surface area contributed by atoms with Crippen molar-refractivity contribution in [2.45, 2.75) is 39.1 Å². The summed E-state index contributed by atoms with van der Waals surface area (Å²) in [5.74, 6) is 0.500. The molecule has 98 valence electrons. The van der Waals surface area contributed by atoms with Gasteiger partial charge in [0.2, 0.25) is 5.91 Å². The molecule has 0 saturated carbocycles. The molecule has 0 aromatic rings. The highest BCUT2D eigenvalue weighted by Crippen LogP contribution is 2.18. The average Bonchev–Trinajstić information content (AvgIpc) is 2.58. The fraction of sp³-hybridized carbons (Fsp3) is 0.917. The minimum Gasteiger partial charge on any atom is -0.376 e. The number of ether oxygens (including phenoxy) is 2. The van der Waals surface area contributed by atoms with Crippen LogP contribution in [0.1, 0.15) is 20.8 Å². The predicted octanol–water partition coefficient (Wildman–Crippen LogP) is 0.204. The summed E-state index contributed by atoms with van der Waals surface area (Å²) in [6, 6.07) is -0.0606. The van der Waals surface area contributed by atoms with Gasteiger partial charge in [-0.3, -0.25) is 10.1 Å². The summed E-state index contributed by atoms with van der Waals surface area (Å²) in [7, 11) is 0. The molecule has 1 N–H and O–H groups in total. The molecule has 5 nitrogen and oxygen atoms in total. The molecular weight excluding hydrogens is 220 g/mol. The van der Waals surface area contributed by atoms with Crippen LogP contribution in [0.2, 0.25) is 0 Å².